The first kappa shape index (κ1) is 23.3. The molecule has 5 nitrogen and oxygen atoms in total. The third-order valence-corrected chi connectivity index (χ3v) is 7.29. The number of methoxy groups -OCH3 is 2. The van der Waals surface area contributed by atoms with Gasteiger partial charge in [0.2, 0.25) is 5.91 Å². The average molecular weight is 465 g/mol. The number of benzene rings is 2. The van der Waals surface area contributed by atoms with E-state index in [1.807, 2.05) is 30.5 Å². The molecule has 1 saturated carbocycles. The minimum absolute atomic E-state index is 0.0123. The monoisotopic (exact) mass is 464 g/mol. The molecular formula is C27H32N2O3S. The lowest BCUT2D eigenvalue weighted by atomic mass is 9.84. The number of carbonyl (C=O) groups excluding carboxylic acids is 1. The van der Waals surface area contributed by atoms with Crippen molar-refractivity contribution in [2.24, 2.45) is 0 Å². The maximum Gasteiger partial charge on any atom is 0.233 e. The smallest absolute Gasteiger partial charge is 0.233 e. The number of likely N-dealkylation sites (N-methyl/N-ethyl adjacent to an activating group) is 1. The van der Waals surface area contributed by atoms with Crippen molar-refractivity contribution in [3.8, 4) is 22.8 Å². The second kappa shape index (κ2) is 10.8. The number of aromatic nitrogens is 1. The highest BCUT2D eigenvalue weighted by molar-refractivity contribution is 7.14. The number of thiazole rings is 1. The van der Waals surface area contributed by atoms with Gasteiger partial charge in [-0.25, -0.2) is 4.98 Å². The van der Waals surface area contributed by atoms with E-state index in [0.717, 1.165) is 22.0 Å². The Kier molecular flexibility index (Phi) is 7.65. The number of anilines is 1. The first-order valence-corrected chi connectivity index (χ1v) is 12.6. The minimum Gasteiger partial charge on any atom is -0.493 e. The normalized spacial score (nSPS) is 14.2. The highest BCUT2D eigenvalue weighted by Gasteiger charge is 2.20. The van der Waals surface area contributed by atoms with Crippen LogP contribution in [0.5, 0.6) is 11.5 Å². The molecule has 174 valence electrons. The molecular weight excluding hydrogens is 432 g/mol. The summed E-state index contributed by atoms with van der Waals surface area (Å²) in [4.78, 5) is 19.6. The van der Waals surface area contributed by atoms with Crippen LogP contribution in [0.2, 0.25) is 0 Å². The van der Waals surface area contributed by atoms with Crippen LogP contribution in [0, 0.1) is 0 Å². The van der Waals surface area contributed by atoms with E-state index in [-0.39, 0.29) is 12.3 Å². The summed E-state index contributed by atoms with van der Waals surface area (Å²) in [6, 6.07) is 14.4. The van der Waals surface area contributed by atoms with E-state index in [4.69, 9.17) is 14.5 Å². The van der Waals surface area contributed by atoms with Crippen LogP contribution in [0.3, 0.4) is 0 Å². The van der Waals surface area contributed by atoms with Crippen LogP contribution in [0.1, 0.15) is 56.1 Å². The summed E-state index contributed by atoms with van der Waals surface area (Å²) in [6.45, 7) is 2.55. The van der Waals surface area contributed by atoms with Crippen LogP contribution < -0.4 is 14.4 Å². The van der Waals surface area contributed by atoms with Gasteiger partial charge >= 0.3 is 0 Å². The number of amides is 1. The Morgan fingerprint density at radius 3 is 2.42 bits per heavy atom. The number of hydrogen-bond acceptors (Lipinski definition) is 5. The molecule has 4 rings (SSSR count). The van der Waals surface area contributed by atoms with E-state index in [1.54, 1.807) is 19.1 Å². The first-order chi connectivity index (χ1) is 16.1. The summed E-state index contributed by atoms with van der Waals surface area (Å²) in [6.07, 6.45) is 6.92. The predicted molar refractivity (Wildman–Crippen MR) is 135 cm³/mol. The molecule has 6 heteroatoms. The maximum atomic E-state index is 13.1. The molecule has 0 N–H and O–H groups in total. The fraction of sp³-hybridized carbons (Fsp3) is 0.407. The molecule has 0 atom stereocenters. The lowest BCUT2D eigenvalue weighted by Crippen LogP contribution is -2.31. The molecule has 1 aromatic heterocycles. The Hall–Kier alpha value is -2.86. The SMILES string of the molecule is CCN(C(=O)Cc1ccc(OC)c(OC)c1)c1nc(-c2ccc(C3CCCCC3)cc2)cs1. The molecule has 1 aliphatic carbocycles. The van der Waals surface area contributed by atoms with Gasteiger partial charge in [0.05, 0.1) is 26.3 Å². The standard InChI is InChI=1S/C27H32N2O3S/c1-4-29(26(30)17-19-10-15-24(31-2)25(16-19)32-3)27-28-23(18-33-27)22-13-11-21(12-14-22)20-8-6-5-7-9-20/h10-16,18,20H,4-9,17H2,1-3H3. The average Bonchev–Trinajstić information content (AvgIpc) is 3.35. The van der Waals surface area contributed by atoms with Crippen LogP contribution >= 0.6 is 11.3 Å². The van der Waals surface area contributed by atoms with E-state index in [0.29, 0.717) is 24.0 Å². The van der Waals surface area contributed by atoms with Crippen molar-refractivity contribution >= 4 is 22.4 Å². The molecule has 0 unspecified atom stereocenters. The lowest BCUT2D eigenvalue weighted by molar-refractivity contribution is -0.117. The second-order valence-electron chi connectivity index (χ2n) is 8.48. The zero-order valence-corrected chi connectivity index (χ0v) is 20.5. The number of carbonyl (C=O) groups is 1. The topological polar surface area (TPSA) is 51.7 Å². The third kappa shape index (κ3) is 5.38. The van der Waals surface area contributed by atoms with E-state index in [1.165, 1.54) is 49.0 Å². The van der Waals surface area contributed by atoms with E-state index < -0.39 is 0 Å². The zero-order chi connectivity index (χ0) is 23.2. The Morgan fingerprint density at radius 2 is 1.76 bits per heavy atom. The summed E-state index contributed by atoms with van der Waals surface area (Å²) >= 11 is 1.51. The summed E-state index contributed by atoms with van der Waals surface area (Å²) < 4.78 is 10.7. The van der Waals surface area contributed by atoms with Crippen LogP contribution in [0.4, 0.5) is 5.13 Å². The molecule has 1 amide bonds. The molecule has 33 heavy (non-hydrogen) atoms. The molecule has 1 aliphatic rings. The zero-order valence-electron chi connectivity index (χ0n) is 19.7. The molecule has 0 bridgehead atoms. The molecule has 1 fully saturated rings. The fourth-order valence-corrected chi connectivity index (χ4v) is 5.48. The second-order valence-corrected chi connectivity index (χ2v) is 9.31. The summed E-state index contributed by atoms with van der Waals surface area (Å²) in [5, 5.41) is 2.77. The molecule has 2 aromatic carbocycles. The third-order valence-electron chi connectivity index (χ3n) is 6.43. The van der Waals surface area contributed by atoms with Crippen LogP contribution in [-0.2, 0) is 11.2 Å². The minimum atomic E-state index is 0.0123. The van der Waals surface area contributed by atoms with Gasteiger partial charge in [0, 0.05) is 17.5 Å². The van der Waals surface area contributed by atoms with Gasteiger partial charge < -0.3 is 9.47 Å². The van der Waals surface area contributed by atoms with Crippen LogP contribution in [-0.4, -0.2) is 31.7 Å². The number of nitrogens with zero attached hydrogens (tertiary/aromatic N) is 2. The molecule has 1 heterocycles. The van der Waals surface area contributed by atoms with Gasteiger partial charge in [-0.15, -0.1) is 11.3 Å². The van der Waals surface area contributed by atoms with E-state index in [2.05, 4.69) is 24.3 Å². The van der Waals surface area contributed by atoms with Crippen molar-refractivity contribution in [3.63, 3.8) is 0 Å². The summed E-state index contributed by atoms with van der Waals surface area (Å²) in [5.74, 6) is 1.99. The molecule has 0 saturated heterocycles. The van der Waals surface area contributed by atoms with Crippen molar-refractivity contribution in [2.75, 3.05) is 25.7 Å². The van der Waals surface area contributed by atoms with Gasteiger partial charge in [-0.2, -0.15) is 0 Å². The number of hydrogen-bond donors (Lipinski definition) is 0. The number of rotatable bonds is 8. The first-order valence-electron chi connectivity index (χ1n) is 11.7. The highest BCUT2D eigenvalue weighted by atomic mass is 32.1. The molecule has 0 radical (unpaired) electrons. The van der Waals surface area contributed by atoms with Crippen LogP contribution in [0.15, 0.2) is 47.8 Å². The van der Waals surface area contributed by atoms with Gasteiger partial charge in [0.15, 0.2) is 16.6 Å². The fourth-order valence-electron chi connectivity index (χ4n) is 4.56. The Labute approximate surface area is 200 Å². The Balaban J connectivity index is 1.46. The van der Waals surface area contributed by atoms with Crippen molar-refractivity contribution in [1.82, 2.24) is 4.98 Å². The van der Waals surface area contributed by atoms with Gasteiger partial charge in [-0.3, -0.25) is 9.69 Å². The molecule has 0 aliphatic heterocycles. The predicted octanol–water partition coefficient (Wildman–Crippen LogP) is 6.47. The van der Waals surface area contributed by atoms with Crippen molar-refractivity contribution in [3.05, 3.63) is 59.0 Å². The maximum absolute atomic E-state index is 13.1. The van der Waals surface area contributed by atoms with Crippen molar-refractivity contribution in [2.45, 2.75) is 51.4 Å². The lowest BCUT2D eigenvalue weighted by Gasteiger charge is -2.22. The Morgan fingerprint density at radius 1 is 1.03 bits per heavy atom. The highest BCUT2D eigenvalue weighted by Crippen LogP contribution is 2.34. The van der Waals surface area contributed by atoms with Crippen molar-refractivity contribution in [1.29, 1.82) is 0 Å². The molecule has 0 spiro atoms. The Bertz CT molecular complexity index is 1070. The van der Waals surface area contributed by atoms with Gasteiger partial charge in [0.1, 0.15) is 0 Å². The number of ether oxygens (including phenoxy) is 2. The van der Waals surface area contributed by atoms with Gasteiger partial charge in [0.25, 0.3) is 0 Å². The van der Waals surface area contributed by atoms with E-state index >= 15 is 0 Å². The van der Waals surface area contributed by atoms with E-state index in [9.17, 15) is 4.79 Å². The van der Waals surface area contributed by atoms with Crippen LogP contribution in [0.25, 0.3) is 11.3 Å². The van der Waals surface area contributed by atoms with Gasteiger partial charge in [-0.1, -0.05) is 49.6 Å². The largest absolute Gasteiger partial charge is 0.493 e. The van der Waals surface area contributed by atoms with Gasteiger partial charge in [-0.05, 0) is 48.9 Å². The summed E-state index contributed by atoms with van der Waals surface area (Å²) in [5.41, 5.74) is 4.34. The quantitative estimate of drug-likeness (QED) is 0.383. The van der Waals surface area contributed by atoms with Crippen molar-refractivity contribution < 1.29 is 14.3 Å². The molecule has 3 aromatic rings. The summed E-state index contributed by atoms with van der Waals surface area (Å²) in [7, 11) is 3.20.